The van der Waals surface area contributed by atoms with Crippen LogP contribution in [0.2, 0.25) is 0 Å². The fourth-order valence-electron chi connectivity index (χ4n) is 1.27. The second kappa shape index (κ2) is 8.89. The van der Waals surface area contributed by atoms with Crippen LogP contribution in [0.5, 0.6) is 0 Å². The molecule has 0 saturated heterocycles. The minimum Gasteiger partial charge on any atom is -0.463 e. The van der Waals surface area contributed by atoms with Gasteiger partial charge in [-0.25, -0.2) is 9.59 Å². The van der Waals surface area contributed by atoms with Crippen LogP contribution in [0.25, 0.3) is 0 Å². The number of carbonyl (C=O) groups is 4. The summed E-state index contributed by atoms with van der Waals surface area (Å²) in [4.78, 5) is 45.4. The molecule has 0 aliphatic heterocycles. The molecule has 0 aromatic carbocycles. The van der Waals surface area contributed by atoms with Crippen LogP contribution in [-0.2, 0) is 38.1 Å². The molecular formula is C12H18O8. The summed E-state index contributed by atoms with van der Waals surface area (Å²) < 4.78 is 18.8. The monoisotopic (exact) mass is 290 g/mol. The third-order valence-electron chi connectivity index (χ3n) is 1.90. The van der Waals surface area contributed by atoms with E-state index >= 15 is 0 Å². The molecule has 0 aliphatic rings. The standard InChI is InChI=1S/C12H18O8/c1-5-17-11(15)9(19-7(3)13)10(20-8(4)14)12(16)18-6-2/h9-10H,5-6H2,1-4H3/t9-,10-/m0/s1. The van der Waals surface area contributed by atoms with E-state index in [0.29, 0.717) is 0 Å². The Labute approximate surface area is 116 Å². The van der Waals surface area contributed by atoms with E-state index in [4.69, 9.17) is 9.47 Å². The van der Waals surface area contributed by atoms with Gasteiger partial charge in [0.05, 0.1) is 13.2 Å². The number of hydrogen-bond donors (Lipinski definition) is 0. The number of hydrogen-bond acceptors (Lipinski definition) is 8. The van der Waals surface area contributed by atoms with Gasteiger partial charge < -0.3 is 18.9 Å². The summed E-state index contributed by atoms with van der Waals surface area (Å²) in [5.41, 5.74) is 0. The van der Waals surface area contributed by atoms with Gasteiger partial charge in [-0.3, -0.25) is 9.59 Å². The lowest BCUT2D eigenvalue weighted by Gasteiger charge is -2.23. The Morgan fingerprint density at radius 2 is 1.05 bits per heavy atom. The van der Waals surface area contributed by atoms with E-state index in [2.05, 4.69) is 9.47 Å². The average Bonchev–Trinajstić information content (AvgIpc) is 2.33. The highest BCUT2D eigenvalue weighted by Crippen LogP contribution is 2.10. The van der Waals surface area contributed by atoms with Crippen LogP contribution >= 0.6 is 0 Å². The first-order chi connectivity index (χ1) is 9.33. The van der Waals surface area contributed by atoms with Crippen LogP contribution in [0.4, 0.5) is 0 Å². The summed E-state index contributed by atoms with van der Waals surface area (Å²) in [5.74, 6) is -3.65. The molecule has 8 heteroatoms. The molecule has 2 atom stereocenters. The van der Waals surface area contributed by atoms with Gasteiger partial charge in [-0.05, 0) is 13.8 Å². The molecule has 0 unspecified atom stereocenters. The van der Waals surface area contributed by atoms with E-state index < -0.39 is 36.1 Å². The van der Waals surface area contributed by atoms with Crippen molar-refractivity contribution in [2.45, 2.75) is 39.9 Å². The van der Waals surface area contributed by atoms with Crippen LogP contribution in [0.1, 0.15) is 27.7 Å². The summed E-state index contributed by atoms with van der Waals surface area (Å²) in [6, 6.07) is 0. The van der Waals surface area contributed by atoms with Gasteiger partial charge in [0.25, 0.3) is 0 Å². The zero-order valence-corrected chi connectivity index (χ0v) is 11.8. The van der Waals surface area contributed by atoms with Crippen LogP contribution in [0.3, 0.4) is 0 Å². The lowest BCUT2D eigenvalue weighted by Crippen LogP contribution is -2.47. The van der Waals surface area contributed by atoms with Crippen LogP contribution < -0.4 is 0 Å². The van der Waals surface area contributed by atoms with E-state index in [-0.39, 0.29) is 13.2 Å². The van der Waals surface area contributed by atoms with Crippen molar-refractivity contribution < 1.29 is 38.1 Å². The van der Waals surface area contributed by atoms with Gasteiger partial charge in [-0.1, -0.05) is 0 Å². The summed E-state index contributed by atoms with van der Waals surface area (Å²) in [5, 5.41) is 0. The van der Waals surface area contributed by atoms with Crippen LogP contribution in [-0.4, -0.2) is 49.3 Å². The van der Waals surface area contributed by atoms with Crippen LogP contribution in [0.15, 0.2) is 0 Å². The molecular weight excluding hydrogens is 272 g/mol. The largest absolute Gasteiger partial charge is 0.463 e. The van der Waals surface area contributed by atoms with Crippen molar-refractivity contribution in [3.63, 3.8) is 0 Å². The van der Waals surface area contributed by atoms with Crippen molar-refractivity contribution in [2.24, 2.45) is 0 Å². The zero-order chi connectivity index (χ0) is 15.7. The van der Waals surface area contributed by atoms with Crippen molar-refractivity contribution in [3.05, 3.63) is 0 Å². The van der Waals surface area contributed by atoms with Crippen molar-refractivity contribution in [2.75, 3.05) is 13.2 Å². The molecule has 0 aromatic rings. The Morgan fingerprint density at radius 3 is 1.25 bits per heavy atom. The van der Waals surface area contributed by atoms with Crippen molar-refractivity contribution in [1.29, 1.82) is 0 Å². The summed E-state index contributed by atoms with van der Waals surface area (Å²) in [6.45, 7) is 5.17. The van der Waals surface area contributed by atoms with Gasteiger partial charge in [0.1, 0.15) is 0 Å². The molecule has 20 heavy (non-hydrogen) atoms. The number of carbonyl (C=O) groups excluding carboxylic acids is 4. The van der Waals surface area contributed by atoms with E-state index in [1.165, 1.54) is 13.8 Å². The Bertz CT molecular complexity index is 340. The summed E-state index contributed by atoms with van der Waals surface area (Å²) in [6.07, 6.45) is -3.40. The predicted octanol–water partition coefficient (Wildman–Crippen LogP) is -0.0240. The SMILES string of the molecule is CCOC(=O)[C@@H](OC(C)=O)[C@H](OC(C)=O)C(=O)OCC. The number of ether oxygens (including phenoxy) is 4. The first-order valence-electron chi connectivity index (χ1n) is 6.01. The Balaban J connectivity index is 5.24. The molecule has 0 spiro atoms. The Kier molecular flexibility index (Phi) is 7.95. The number of esters is 4. The van der Waals surface area contributed by atoms with Crippen molar-refractivity contribution >= 4 is 23.9 Å². The lowest BCUT2D eigenvalue weighted by atomic mass is 10.2. The zero-order valence-electron chi connectivity index (χ0n) is 11.8. The van der Waals surface area contributed by atoms with Crippen LogP contribution in [0, 0.1) is 0 Å². The van der Waals surface area contributed by atoms with E-state index in [1.807, 2.05) is 0 Å². The molecule has 0 amide bonds. The molecule has 0 aliphatic carbocycles. The highest BCUT2D eigenvalue weighted by molar-refractivity contribution is 5.89. The normalized spacial score (nSPS) is 12.8. The van der Waals surface area contributed by atoms with Gasteiger partial charge in [0, 0.05) is 13.8 Å². The Morgan fingerprint density at radius 1 is 0.750 bits per heavy atom. The first-order valence-corrected chi connectivity index (χ1v) is 6.01. The summed E-state index contributed by atoms with van der Waals surface area (Å²) in [7, 11) is 0. The van der Waals surface area contributed by atoms with Gasteiger partial charge in [0.15, 0.2) is 0 Å². The Hall–Kier alpha value is -2.12. The minimum atomic E-state index is -1.70. The molecule has 0 saturated carbocycles. The van der Waals surface area contributed by atoms with Crippen molar-refractivity contribution in [3.8, 4) is 0 Å². The van der Waals surface area contributed by atoms with E-state index in [9.17, 15) is 19.2 Å². The topological polar surface area (TPSA) is 105 Å². The fourth-order valence-corrected chi connectivity index (χ4v) is 1.27. The molecule has 0 heterocycles. The molecule has 114 valence electrons. The van der Waals surface area contributed by atoms with Gasteiger partial charge >= 0.3 is 23.9 Å². The third kappa shape index (κ3) is 6.17. The maximum absolute atomic E-state index is 11.7. The van der Waals surface area contributed by atoms with Crippen molar-refractivity contribution in [1.82, 2.24) is 0 Å². The van der Waals surface area contributed by atoms with Gasteiger partial charge in [-0.2, -0.15) is 0 Å². The molecule has 0 bridgehead atoms. The average molecular weight is 290 g/mol. The molecule has 0 rings (SSSR count). The molecule has 0 fully saturated rings. The highest BCUT2D eigenvalue weighted by Gasteiger charge is 2.41. The minimum absolute atomic E-state index is 0.00617. The predicted molar refractivity (Wildman–Crippen MR) is 64.4 cm³/mol. The molecule has 0 aromatic heterocycles. The first kappa shape index (κ1) is 17.9. The maximum Gasteiger partial charge on any atom is 0.352 e. The second-order valence-electron chi connectivity index (χ2n) is 3.56. The molecule has 0 radical (unpaired) electrons. The van der Waals surface area contributed by atoms with Gasteiger partial charge in [0.2, 0.25) is 12.2 Å². The molecule has 8 nitrogen and oxygen atoms in total. The van der Waals surface area contributed by atoms with Gasteiger partial charge in [-0.15, -0.1) is 0 Å². The van der Waals surface area contributed by atoms with E-state index in [1.54, 1.807) is 0 Å². The number of rotatable bonds is 7. The second-order valence-corrected chi connectivity index (χ2v) is 3.56. The smallest absolute Gasteiger partial charge is 0.352 e. The molecule has 0 N–H and O–H groups in total. The fraction of sp³-hybridized carbons (Fsp3) is 0.667. The third-order valence-corrected chi connectivity index (χ3v) is 1.90. The summed E-state index contributed by atoms with van der Waals surface area (Å²) >= 11 is 0. The highest BCUT2D eigenvalue weighted by atomic mass is 16.6. The maximum atomic E-state index is 11.7. The quantitative estimate of drug-likeness (QED) is 0.475. The van der Waals surface area contributed by atoms with E-state index in [0.717, 1.165) is 13.8 Å². The lowest BCUT2D eigenvalue weighted by molar-refractivity contribution is -0.190.